The Morgan fingerprint density at radius 1 is 1.18 bits per heavy atom. The Morgan fingerprint density at radius 3 is 2.91 bits per heavy atom. The molecule has 0 radical (unpaired) electrons. The van der Waals surface area contributed by atoms with E-state index in [4.69, 9.17) is 9.84 Å². The van der Waals surface area contributed by atoms with Crippen LogP contribution in [0.2, 0.25) is 0 Å². The Morgan fingerprint density at radius 2 is 2.06 bits per heavy atom. The predicted molar refractivity (Wildman–Crippen MR) is 131 cm³/mol. The molecule has 1 N–H and O–H groups in total. The summed E-state index contributed by atoms with van der Waals surface area (Å²) in [7, 11) is 0. The van der Waals surface area contributed by atoms with Gasteiger partial charge in [-0.1, -0.05) is 0 Å². The van der Waals surface area contributed by atoms with E-state index in [-0.39, 0.29) is 12.2 Å². The highest BCUT2D eigenvalue weighted by Gasteiger charge is 2.34. The lowest BCUT2D eigenvalue weighted by atomic mass is 10.0. The number of benzene rings is 1. The average molecular weight is 458 g/mol. The van der Waals surface area contributed by atoms with Crippen LogP contribution >= 0.6 is 0 Å². The molecule has 3 atom stereocenters. The molecule has 8 heteroatoms. The monoisotopic (exact) mass is 457 g/mol. The van der Waals surface area contributed by atoms with Crippen molar-refractivity contribution in [2.24, 2.45) is 0 Å². The molecule has 0 amide bonds. The van der Waals surface area contributed by atoms with Gasteiger partial charge in [0.15, 0.2) is 0 Å². The van der Waals surface area contributed by atoms with Crippen molar-refractivity contribution in [2.75, 3.05) is 37.6 Å². The summed E-state index contributed by atoms with van der Waals surface area (Å²) in [6.07, 6.45) is 5.29. The summed E-state index contributed by atoms with van der Waals surface area (Å²) in [5.74, 6) is 0. The molecule has 0 saturated carbocycles. The van der Waals surface area contributed by atoms with Crippen molar-refractivity contribution in [3.8, 4) is 6.07 Å². The van der Waals surface area contributed by atoms with Crippen molar-refractivity contribution < 1.29 is 4.74 Å². The Balaban J connectivity index is 1.12. The second-order valence-electron chi connectivity index (χ2n) is 10.1. The van der Waals surface area contributed by atoms with Crippen LogP contribution in [0.1, 0.15) is 36.7 Å². The van der Waals surface area contributed by atoms with Crippen molar-refractivity contribution in [1.29, 1.82) is 5.26 Å². The molecule has 1 aromatic carbocycles. The maximum atomic E-state index is 9.48. The number of nitrogens with one attached hydrogen (secondary N) is 1. The van der Waals surface area contributed by atoms with E-state index in [0.717, 1.165) is 62.3 Å². The van der Waals surface area contributed by atoms with Crippen LogP contribution in [0.5, 0.6) is 0 Å². The first-order chi connectivity index (χ1) is 16.6. The molecule has 0 aliphatic carbocycles. The fourth-order valence-electron chi connectivity index (χ4n) is 5.63. The summed E-state index contributed by atoms with van der Waals surface area (Å²) in [6.45, 7) is 9.91. The molecule has 0 unspecified atom stereocenters. The summed E-state index contributed by atoms with van der Waals surface area (Å²) in [6, 6.07) is 11.2. The van der Waals surface area contributed by atoms with Crippen LogP contribution in [0.15, 0.2) is 36.7 Å². The highest BCUT2D eigenvalue weighted by atomic mass is 16.5. The molecule has 2 fully saturated rings. The van der Waals surface area contributed by atoms with Gasteiger partial charge in [-0.3, -0.25) is 14.6 Å². The smallest absolute Gasteiger partial charge is 0.101 e. The van der Waals surface area contributed by atoms with Crippen molar-refractivity contribution >= 4 is 16.6 Å². The summed E-state index contributed by atoms with van der Waals surface area (Å²) in [5.41, 5.74) is 5.13. The SMILES string of the molecule is C[C@@H]1Cc2nn(C3CN(C[C@H]4CN(c5ccc(C#N)c6ncccc56)C[C@@H](C)O4)C3)cc2CN1. The van der Waals surface area contributed by atoms with E-state index in [1.165, 1.54) is 11.3 Å². The minimum atomic E-state index is 0.142. The molecule has 34 heavy (non-hydrogen) atoms. The van der Waals surface area contributed by atoms with Crippen LogP contribution in [0, 0.1) is 11.3 Å². The summed E-state index contributed by atoms with van der Waals surface area (Å²) < 4.78 is 8.53. The number of pyridine rings is 1. The van der Waals surface area contributed by atoms with Gasteiger partial charge in [0.05, 0.1) is 35.0 Å². The molecule has 0 spiro atoms. The zero-order valence-electron chi connectivity index (χ0n) is 19.8. The second kappa shape index (κ2) is 8.66. The highest BCUT2D eigenvalue weighted by molar-refractivity contribution is 5.95. The quantitative estimate of drug-likeness (QED) is 0.645. The lowest BCUT2D eigenvalue weighted by Crippen LogP contribution is -2.56. The molecule has 3 aliphatic heterocycles. The molecule has 2 saturated heterocycles. The number of ether oxygens (including phenoxy) is 1. The first kappa shape index (κ1) is 21.5. The fraction of sp³-hybridized carbons (Fsp3) is 0.500. The van der Waals surface area contributed by atoms with Gasteiger partial charge >= 0.3 is 0 Å². The Kier molecular flexibility index (Phi) is 5.48. The van der Waals surface area contributed by atoms with Gasteiger partial charge in [-0.2, -0.15) is 10.4 Å². The Hall–Kier alpha value is -2.99. The lowest BCUT2D eigenvalue weighted by Gasteiger charge is -2.44. The predicted octanol–water partition coefficient (Wildman–Crippen LogP) is 2.49. The molecule has 8 nitrogen and oxygen atoms in total. The molecule has 3 aromatic rings. The fourth-order valence-corrected chi connectivity index (χ4v) is 5.63. The number of nitrogens with zero attached hydrogens (tertiary/aromatic N) is 6. The van der Waals surface area contributed by atoms with Crippen molar-refractivity contribution in [3.63, 3.8) is 0 Å². The topological polar surface area (TPSA) is 82.2 Å². The number of hydrogen-bond acceptors (Lipinski definition) is 7. The van der Waals surface area contributed by atoms with Crippen LogP contribution < -0.4 is 10.2 Å². The Labute approximate surface area is 200 Å². The number of fused-ring (bicyclic) bond motifs is 2. The average Bonchev–Trinajstić information content (AvgIpc) is 3.22. The van der Waals surface area contributed by atoms with Gasteiger partial charge in [0, 0.05) is 80.8 Å². The minimum absolute atomic E-state index is 0.142. The van der Waals surface area contributed by atoms with Gasteiger partial charge in [-0.05, 0) is 38.1 Å². The maximum Gasteiger partial charge on any atom is 0.101 e. The van der Waals surface area contributed by atoms with Crippen molar-refractivity contribution in [2.45, 2.75) is 51.1 Å². The number of aromatic nitrogens is 3. The first-order valence-corrected chi connectivity index (χ1v) is 12.3. The largest absolute Gasteiger partial charge is 0.370 e. The zero-order chi connectivity index (χ0) is 23.2. The third-order valence-corrected chi connectivity index (χ3v) is 7.34. The van der Waals surface area contributed by atoms with Crippen molar-refractivity contribution in [3.05, 3.63) is 53.5 Å². The normalized spacial score (nSPS) is 25.7. The maximum absolute atomic E-state index is 9.48. The first-order valence-electron chi connectivity index (χ1n) is 12.3. The lowest BCUT2D eigenvalue weighted by molar-refractivity contribution is -0.0489. The highest BCUT2D eigenvalue weighted by Crippen LogP contribution is 2.31. The van der Waals surface area contributed by atoms with Crippen LogP contribution in [-0.4, -0.2) is 70.6 Å². The molecule has 3 aliphatic rings. The van der Waals surface area contributed by atoms with E-state index in [1.54, 1.807) is 6.20 Å². The minimum Gasteiger partial charge on any atom is -0.370 e. The molecule has 6 rings (SSSR count). The van der Waals surface area contributed by atoms with E-state index >= 15 is 0 Å². The molecular weight excluding hydrogens is 426 g/mol. The number of likely N-dealkylation sites (tertiary alicyclic amines) is 1. The third-order valence-electron chi connectivity index (χ3n) is 7.34. The van der Waals surface area contributed by atoms with E-state index in [9.17, 15) is 5.26 Å². The summed E-state index contributed by atoms with van der Waals surface area (Å²) >= 11 is 0. The molecule has 176 valence electrons. The number of anilines is 1. The molecule has 5 heterocycles. The van der Waals surface area contributed by atoms with Crippen LogP contribution in [-0.2, 0) is 17.7 Å². The molecule has 0 bridgehead atoms. The van der Waals surface area contributed by atoms with Gasteiger partial charge in [0.2, 0.25) is 0 Å². The number of hydrogen-bond donors (Lipinski definition) is 1. The number of rotatable bonds is 4. The van der Waals surface area contributed by atoms with Crippen LogP contribution in [0.3, 0.4) is 0 Å². The van der Waals surface area contributed by atoms with Gasteiger partial charge in [-0.25, -0.2) is 0 Å². The van der Waals surface area contributed by atoms with Gasteiger partial charge < -0.3 is 15.0 Å². The van der Waals surface area contributed by atoms with Crippen LogP contribution in [0.25, 0.3) is 10.9 Å². The number of nitriles is 1. The summed E-state index contributed by atoms with van der Waals surface area (Å²) in [5, 5.41) is 18.9. The third kappa shape index (κ3) is 3.94. The van der Waals surface area contributed by atoms with E-state index in [0.29, 0.717) is 17.6 Å². The molecular formula is C26H31N7O. The number of morpholine rings is 1. The van der Waals surface area contributed by atoms with Gasteiger partial charge in [-0.15, -0.1) is 0 Å². The Bertz CT molecular complexity index is 1240. The van der Waals surface area contributed by atoms with E-state index in [1.807, 2.05) is 12.1 Å². The van der Waals surface area contributed by atoms with Crippen LogP contribution in [0.4, 0.5) is 5.69 Å². The molecule has 2 aromatic heterocycles. The standard InChI is InChI=1S/C26H31N7O/c1-17-8-24-20(10-29-17)12-33(30-24)21-13-31(14-21)15-22-16-32(11-18(2)34-22)25-6-5-19(9-27)26-23(25)4-3-7-28-26/h3-7,12,17-18,21-22,29H,8,10-11,13-16H2,1-2H3/t17-,18-,22+/m1/s1. The van der Waals surface area contributed by atoms with Gasteiger partial charge in [0.1, 0.15) is 6.07 Å². The zero-order valence-corrected chi connectivity index (χ0v) is 19.8. The van der Waals surface area contributed by atoms with E-state index < -0.39 is 0 Å². The van der Waals surface area contributed by atoms with Crippen molar-refractivity contribution in [1.82, 2.24) is 25.0 Å². The van der Waals surface area contributed by atoms with Gasteiger partial charge in [0.25, 0.3) is 0 Å². The second-order valence-corrected chi connectivity index (χ2v) is 10.1. The summed E-state index contributed by atoms with van der Waals surface area (Å²) in [4.78, 5) is 9.36. The van der Waals surface area contributed by atoms with E-state index in [2.05, 4.69) is 63.0 Å².